The molecular formula is C27H22Cl2N2O4S. The van der Waals surface area contributed by atoms with Gasteiger partial charge in [-0.25, -0.2) is 0 Å². The van der Waals surface area contributed by atoms with Gasteiger partial charge >= 0.3 is 0 Å². The molecule has 3 aromatic rings. The van der Waals surface area contributed by atoms with Crippen LogP contribution in [0.5, 0.6) is 5.75 Å². The molecule has 36 heavy (non-hydrogen) atoms. The van der Waals surface area contributed by atoms with Gasteiger partial charge in [0.15, 0.2) is 6.61 Å². The van der Waals surface area contributed by atoms with Gasteiger partial charge in [0, 0.05) is 26.9 Å². The van der Waals surface area contributed by atoms with Gasteiger partial charge in [-0.1, -0.05) is 53.5 Å². The Kier molecular flexibility index (Phi) is 8.04. The fourth-order valence-corrected chi connectivity index (χ4v) is 4.86. The van der Waals surface area contributed by atoms with Crippen molar-refractivity contribution in [3.63, 3.8) is 0 Å². The Bertz CT molecular complexity index is 1370. The molecule has 1 heterocycles. The Balaban J connectivity index is 1.46. The molecule has 0 atom stereocenters. The Morgan fingerprint density at radius 2 is 1.72 bits per heavy atom. The van der Waals surface area contributed by atoms with Crippen LogP contribution in [0.1, 0.15) is 22.3 Å². The van der Waals surface area contributed by atoms with Crippen LogP contribution in [0.2, 0.25) is 10.0 Å². The molecule has 9 heteroatoms. The van der Waals surface area contributed by atoms with Crippen LogP contribution in [0.4, 0.5) is 10.5 Å². The molecule has 0 aromatic heterocycles. The Morgan fingerprint density at radius 1 is 1.00 bits per heavy atom. The second-order valence-corrected chi connectivity index (χ2v) is 9.95. The Labute approximate surface area is 223 Å². The SMILES string of the molecule is Cc1ccc(NC(=O)COc2ccccc2/C=C2\SC(=O)N(Cc3c(Cl)cccc3Cl)C2=O)cc1C. The van der Waals surface area contributed by atoms with Gasteiger partial charge in [-0.05, 0) is 73.1 Å². The van der Waals surface area contributed by atoms with Crippen LogP contribution in [0.3, 0.4) is 0 Å². The summed E-state index contributed by atoms with van der Waals surface area (Å²) in [4.78, 5) is 39.3. The maximum Gasteiger partial charge on any atom is 0.293 e. The second-order valence-electron chi connectivity index (χ2n) is 8.14. The monoisotopic (exact) mass is 540 g/mol. The molecule has 3 aromatic carbocycles. The third kappa shape index (κ3) is 5.93. The Hall–Kier alpha value is -3.26. The van der Waals surface area contributed by atoms with Crippen LogP contribution in [-0.2, 0) is 16.1 Å². The van der Waals surface area contributed by atoms with Crippen molar-refractivity contribution in [1.82, 2.24) is 4.90 Å². The van der Waals surface area contributed by atoms with Gasteiger partial charge in [0.2, 0.25) is 0 Å². The predicted molar refractivity (Wildman–Crippen MR) is 144 cm³/mol. The van der Waals surface area contributed by atoms with Gasteiger partial charge < -0.3 is 10.1 Å². The molecule has 1 aliphatic heterocycles. The van der Waals surface area contributed by atoms with Crippen molar-refractivity contribution in [3.8, 4) is 5.75 Å². The maximum absolute atomic E-state index is 13.0. The average Bonchev–Trinajstić information content (AvgIpc) is 3.10. The molecule has 0 aliphatic carbocycles. The van der Waals surface area contributed by atoms with E-state index in [9.17, 15) is 14.4 Å². The van der Waals surface area contributed by atoms with E-state index in [-0.39, 0.29) is 24.0 Å². The number of thioether (sulfide) groups is 1. The minimum atomic E-state index is -0.455. The lowest BCUT2D eigenvalue weighted by molar-refractivity contribution is -0.123. The van der Waals surface area contributed by atoms with Gasteiger partial charge in [-0.3, -0.25) is 19.3 Å². The normalized spacial score (nSPS) is 14.4. The van der Waals surface area contributed by atoms with Crippen molar-refractivity contribution in [2.75, 3.05) is 11.9 Å². The fourth-order valence-electron chi connectivity index (χ4n) is 3.51. The minimum absolute atomic E-state index is 0.0304. The highest BCUT2D eigenvalue weighted by molar-refractivity contribution is 8.18. The van der Waals surface area contributed by atoms with E-state index in [2.05, 4.69) is 5.32 Å². The highest BCUT2D eigenvalue weighted by Crippen LogP contribution is 2.36. The molecule has 1 fully saturated rings. The largest absolute Gasteiger partial charge is 0.483 e. The highest BCUT2D eigenvalue weighted by atomic mass is 35.5. The number of hydrogen-bond acceptors (Lipinski definition) is 5. The number of anilines is 1. The fraction of sp³-hybridized carbons (Fsp3) is 0.148. The molecular weight excluding hydrogens is 519 g/mol. The molecule has 0 unspecified atom stereocenters. The van der Waals surface area contributed by atoms with E-state index in [0.717, 1.165) is 27.8 Å². The van der Waals surface area contributed by atoms with E-state index in [0.29, 0.717) is 32.6 Å². The standard InChI is InChI=1S/C27H22Cl2N2O4S/c1-16-10-11-19(12-17(16)2)30-25(32)15-35-23-9-4-3-6-18(23)13-24-26(33)31(27(34)36-24)14-20-21(28)7-5-8-22(20)29/h3-13H,14-15H2,1-2H3,(H,30,32)/b24-13-. The zero-order valence-electron chi connectivity index (χ0n) is 19.5. The van der Waals surface area contributed by atoms with Gasteiger partial charge in [0.1, 0.15) is 5.75 Å². The number of hydrogen-bond donors (Lipinski definition) is 1. The van der Waals surface area contributed by atoms with Crippen LogP contribution >= 0.6 is 35.0 Å². The minimum Gasteiger partial charge on any atom is -0.483 e. The number of nitrogens with one attached hydrogen (secondary N) is 1. The summed E-state index contributed by atoms with van der Waals surface area (Å²) in [5.74, 6) is -0.359. The molecule has 0 saturated carbocycles. The number of halogens is 2. The van der Waals surface area contributed by atoms with E-state index in [4.69, 9.17) is 27.9 Å². The molecule has 0 spiro atoms. The summed E-state index contributed by atoms with van der Waals surface area (Å²) < 4.78 is 5.74. The first kappa shape index (κ1) is 25.8. The van der Waals surface area contributed by atoms with Crippen LogP contribution < -0.4 is 10.1 Å². The summed E-state index contributed by atoms with van der Waals surface area (Å²) in [6, 6.07) is 17.7. The third-order valence-electron chi connectivity index (χ3n) is 5.61. The van der Waals surface area contributed by atoms with Crippen LogP contribution in [0.25, 0.3) is 6.08 Å². The zero-order chi connectivity index (χ0) is 25.8. The van der Waals surface area contributed by atoms with Gasteiger partial charge in [0.05, 0.1) is 11.4 Å². The van der Waals surface area contributed by atoms with Gasteiger partial charge in [0.25, 0.3) is 17.1 Å². The van der Waals surface area contributed by atoms with Crippen molar-refractivity contribution in [1.29, 1.82) is 0 Å². The first-order chi connectivity index (χ1) is 17.2. The molecule has 1 N–H and O–H groups in total. The number of aryl methyl sites for hydroxylation is 2. The summed E-state index contributed by atoms with van der Waals surface area (Å²) in [5, 5.41) is 3.15. The summed E-state index contributed by atoms with van der Waals surface area (Å²) in [5.41, 5.74) is 3.97. The molecule has 3 amide bonds. The number of carbonyl (C=O) groups excluding carboxylic acids is 3. The van der Waals surface area contributed by atoms with E-state index >= 15 is 0 Å². The summed E-state index contributed by atoms with van der Waals surface area (Å²) in [6.45, 7) is 3.73. The lowest BCUT2D eigenvalue weighted by atomic mass is 10.1. The second kappa shape index (κ2) is 11.2. The molecule has 1 aliphatic rings. The molecule has 6 nitrogen and oxygen atoms in total. The number of para-hydroxylation sites is 1. The molecule has 1 saturated heterocycles. The van der Waals surface area contributed by atoms with E-state index in [1.807, 2.05) is 32.0 Å². The lowest BCUT2D eigenvalue weighted by Crippen LogP contribution is -2.27. The smallest absolute Gasteiger partial charge is 0.293 e. The van der Waals surface area contributed by atoms with Crippen molar-refractivity contribution in [2.24, 2.45) is 0 Å². The number of imide groups is 1. The number of nitrogens with zero attached hydrogens (tertiary/aromatic N) is 1. The summed E-state index contributed by atoms with van der Waals surface area (Å²) in [7, 11) is 0. The average molecular weight is 541 g/mol. The number of amides is 3. The first-order valence-corrected chi connectivity index (χ1v) is 12.6. The van der Waals surface area contributed by atoms with E-state index in [1.54, 1.807) is 48.5 Å². The van der Waals surface area contributed by atoms with Crippen LogP contribution in [-0.4, -0.2) is 28.6 Å². The van der Waals surface area contributed by atoms with Gasteiger partial charge in [-0.15, -0.1) is 0 Å². The van der Waals surface area contributed by atoms with Crippen molar-refractivity contribution in [3.05, 3.63) is 97.9 Å². The summed E-state index contributed by atoms with van der Waals surface area (Å²) >= 11 is 13.2. The number of ether oxygens (including phenoxy) is 1. The number of benzene rings is 3. The maximum atomic E-state index is 13.0. The Morgan fingerprint density at radius 3 is 2.44 bits per heavy atom. The predicted octanol–water partition coefficient (Wildman–Crippen LogP) is 6.86. The molecule has 0 radical (unpaired) electrons. The molecule has 184 valence electrons. The summed E-state index contributed by atoms with van der Waals surface area (Å²) in [6.07, 6.45) is 1.58. The van der Waals surface area contributed by atoms with E-state index < -0.39 is 11.1 Å². The molecule has 4 rings (SSSR count). The van der Waals surface area contributed by atoms with Crippen molar-refractivity contribution >= 4 is 63.8 Å². The van der Waals surface area contributed by atoms with Gasteiger partial charge in [-0.2, -0.15) is 0 Å². The molecule has 0 bridgehead atoms. The third-order valence-corrected chi connectivity index (χ3v) is 7.22. The van der Waals surface area contributed by atoms with Crippen LogP contribution in [0, 0.1) is 13.8 Å². The lowest BCUT2D eigenvalue weighted by Gasteiger charge is -2.14. The zero-order valence-corrected chi connectivity index (χ0v) is 21.8. The van der Waals surface area contributed by atoms with Crippen molar-refractivity contribution in [2.45, 2.75) is 20.4 Å². The first-order valence-electron chi connectivity index (χ1n) is 11.0. The quantitative estimate of drug-likeness (QED) is 0.331. The highest BCUT2D eigenvalue weighted by Gasteiger charge is 2.36. The van der Waals surface area contributed by atoms with Crippen LogP contribution in [0.15, 0.2) is 65.6 Å². The van der Waals surface area contributed by atoms with Crippen molar-refractivity contribution < 1.29 is 19.1 Å². The number of carbonyl (C=O) groups is 3. The number of rotatable bonds is 7. The topological polar surface area (TPSA) is 75.7 Å². The van der Waals surface area contributed by atoms with E-state index in [1.165, 1.54) is 0 Å².